The fourth-order valence-electron chi connectivity index (χ4n) is 6.83. The van der Waals surface area contributed by atoms with Crippen LogP contribution >= 0.6 is 15.9 Å². The van der Waals surface area contributed by atoms with Crippen LogP contribution in [0.4, 0.5) is 17.1 Å². The van der Waals surface area contributed by atoms with E-state index < -0.39 is 34.1 Å². The summed E-state index contributed by atoms with van der Waals surface area (Å²) in [6, 6.07) is 25.4. The summed E-state index contributed by atoms with van der Waals surface area (Å²) in [6.07, 6.45) is 3.85. The number of para-hydroxylation sites is 2. The lowest BCUT2D eigenvalue weighted by Crippen LogP contribution is -2.51. The smallest absolute Gasteiger partial charge is 0.269 e. The second-order valence-corrected chi connectivity index (χ2v) is 11.5. The molecule has 3 heterocycles. The average molecular weight is 620 g/mol. The van der Waals surface area contributed by atoms with Crippen LogP contribution < -0.4 is 10.2 Å². The summed E-state index contributed by atoms with van der Waals surface area (Å²) in [5, 5.41) is 14.3. The molecule has 7 rings (SSSR count). The third-order valence-electron chi connectivity index (χ3n) is 8.58. The second-order valence-electron chi connectivity index (χ2n) is 10.6. The number of nitrogens with one attached hydrogen (secondary N) is 1. The first-order valence-electron chi connectivity index (χ1n) is 13.4. The van der Waals surface area contributed by atoms with E-state index in [9.17, 15) is 24.5 Å². The van der Waals surface area contributed by atoms with E-state index in [2.05, 4.69) is 21.2 Å². The highest BCUT2D eigenvalue weighted by molar-refractivity contribution is 9.10. The van der Waals surface area contributed by atoms with Gasteiger partial charge in [-0.05, 0) is 47.5 Å². The number of amides is 1. The molecule has 1 fully saturated rings. The number of carbonyl (C=O) groups is 3. The zero-order valence-electron chi connectivity index (χ0n) is 21.9. The molecule has 42 heavy (non-hydrogen) atoms. The number of nitrogens with zero attached hydrogens (tertiary/aromatic N) is 2. The van der Waals surface area contributed by atoms with Crippen LogP contribution in [-0.2, 0) is 10.2 Å². The molecule has 4 atom stereocenters. The first-order valence-corrected chi connectivity index (χ1v) is 14.2. The van der Waals surface area contributed by atoms with E-state index >= 15 is 0 Å². The molecule has 4 aromatic rings. The number of ketones is 2. The van der Waals surface area contributed by atoms with E-state index in [0.29, 0.717) is 16.8 Å². The van der Waals surface area contributed by atoms with Gasteiger partial charge >= 0.3 is 0 Å². The van der Waals surface area contributed by atoms with Crippen molar-refractivity contribution in [1.82, 2.24) is 0 Å². The normalized spacial score (nSPS) is 23.2. The van der Waals surface area contributed by atoms with E-state index in [4.69, 9.17) is 0 Å². The predicted molar refractivity (Wildman–Crippen MR) is 162 cm³/mol. The quantitative estimate of drug-likeness (QED) is 0.161. The van der Waals surface area contributed by atoms with Crippen molar-refractivity contribution >= 4 is 56.5 Å². The van der Waals surface area contributed by atoms with Crippen LogP contribution in [0.2, 0.25) is 0 Å². The lowest BCUT2D eigenvalue weighted by molar-refractivity contribution is -0.384. The first kappa shape index (κ1) is 26.0. The number of hydrogen-bond acceptors (Lipinski definition) is 6. The molecule has 9 heteroatoms. The number of nitro groups is 1. The van der Waals surface area contributed by atoms with Gasteiger partial charge in [0.15, 0.2) is 11.6 Å². The van der Waals surface area contributed by atoms with Crippen molar-refractivity contribution in [2.24, 2.45) is 5.92 Å². The van der Waals surface area contributed by atoms with E-state index in [1.165, 1.54) is 24.3 Å². The molecule has 8 nitrogen and oxygen atoms in total. The van der Waals surface area contributed by atoms with Gasteiger partial charge in [0.25, 0.3) is 5.69 Å². The number of carbonyl (C=O) groups excluding carboxylic acids is 3. The number of non-ortho nitro benzene ring substituents is 1. The molecule has 1 amide bonds. The Labute approximate surface area is 248 Å². The zero-order valence-corrected chi connectivity index (χ0v) is 23.5. The van der Waals surface area contributed by atoms with Crippen molar-refractivity contribution in [3.05, 3.63) is 140 Å². The molecular weight excluding hydrogens is 598 g/mol. The number of fused-ring (bicyclic) bond motifs is 6. The van der Waals surface area contributed by atoms with Crippen LogP contribution in [0.15, 0.2) is 108 Å². The molecule has 0 aliphatic carbocycles. The van der Waals surface area contributed by atoms with Gasteiger partial charge in [-0.15, -0.1) is 0 Å². The van der Waals surface area contributed by atoms with Crippen molar-refractivity contribution in [2.45, 2.75) is 17.5 Å². The van der Waals surface area contributed by atoms with Crippen LogP contribution in [0.1, 0.15) is 31.8 Å². The van der Waals surface area contributed by atoms with Gasteiger partial charge in [0.05, 0.1) is 16.9 Å². The van der Waals surface area contributed by atoms with Gasteiger partial charge in [0.2, 0.25) is 5.91 Å². The number of hydrogen-bond donors (Lipinski definition) is 1. The predicted octanol–water partition coefficient (Wildman–Crippen LogP) is 6.21. The number of halogens is 1. The Balaban J connectivity index is 1.51. The largest absolute Gasteiger partial charge is 0.352 e. The maximum Gasteiger partial charge on any atom is 0.269 e. The lowest BCUT2D eigenvalue weighted by Gasteiger charge is -2.37. The summed E-state index contributed by atoms with van der Waals surface area (Å²) in [7, 11) is 0. The van der Waals surface area contributed by atoms with Gasteiger partial charge in [-0.1, -0.05) is 76.6 Å². The molecule has 0 unspecified atom stereocenters. The Kier molecular flexibility index (Phi) is 5.95. The second kappa shape index (κ2) is 9.60. The van der Waals surface area contributed by atoms with Gasteiger partial charge in [-0.25, -0.2) is 0 Å². The summed E-state index contributed by atoms with van der Waals surface area (Å²) in [5.41, 5.74) is 1.86. The van der Waals surface area contributed by atoms with E-state index in [1.54, 1.807) is 30.3 Å². The monoisotopic (exact) mass is 619 g/mol. The van der Waals surface area contributed by atoms with Crippen LogP contribution in [-0.4, -0.2) is 34.5 Å². The summed E-state index contributed by atoms with van der Waals surface area (Å²) in [5.74, 6) is -2.21. The fraction of sp³-hybridized carbons (Fsp3) is 0.121. The van der Waals surface area contributed by atoms with Crippen LogP contribution in [0.25, 0.3) is 6.08 Å². The van der Waals surface area contributed by atoms with E-state index in [1.807, 2.05) is 59.5 Å². The Morgan fingerprint density at radius 2 is 1.50 bits per heavy atom. The van der Waals surface area contributed by atoms with Gasteiger partial charge in [-0.3, -0.25) is 24.5 Å². The summed E-state index contributed by atoms with van der Waals surface area (Å²) in [6.45, 7) is 0. The minimum atomic E-state index is -1.42. The average Bonchev–Trinajstić information content (AvgIpc) is 3.49. The highest BCUT2D eigenvalue weighted by Crippen LogP contribution is 2.58. The van der Waals surface area contributed by atoms with Gasteiger partial charge in [0, 0.05) is 39.1 Å². The van der Waals surface area contributed by atoms with Crippen molar-refractivity contribution in [3.8, 4) is 0 Å². The topological polar surface area (TPSA) is 110 Å². The standard InChI is InChI=1S/C33H22BrN3O5/c34-22-14-9-20(10-15-22)30(38)28-29(31(39)21-11-16-23(17-12-21)37(41)42)36-26-8-4-1-5-19(26)13-18-27(36)33(28)24-6-2-3-7-25(24)35-32(33)40/h1-18,27-29H,(H,35,40)/t27-,28+,29-,33+/m0/s1. The lowest BCUT2D eigenvalue weighted by atomic mass is 9.64. The van der Waals surface area contributed by atoms with Gasteiger partial charge in [-0.2, -0.15) is 0 Å². The fourth-order valence-corrected chi connectivity index (χ4v) is 7.10. The maximum atomic E-state index is 14.7. The molecule has 3 aliphatic heterocycles. The molecule has 1 N–H and O–H groups in total. The molecule has 0 bridgehead atoms. The Bertz CT molecular complexity index is 1840. The van der Waals surface area contributed by atoms with Crippen molar-refractivity contribution in [3.63, 3.8) is 0 Å². The number of nitro benzene ring substituents is 1. The van der Waals surface area contributed by atoms with Gasteiger partial charge in [0.1, 0.15) is 11.5 Å². The molecule has 1 saturated heterocycles. The Hall–Kier alpha value is -4.89. The number of rotatable bonds is 5. The van der Waals surface area contributed by atoms with E-state index in [-0.39, 0.29) is 22.9 Å². The highest BCUT2D eigenvalue weighted by atomic mass is 79.9. The molecule has 4 aromatic carbocycles. The van der Waals surface area contributed by atoms with Crippen LogP contribution in [0, 0.1) is 16.0 Å². The minimum absolute atomic E-state index is 0.148. The Morgan fingerprint density at radius 1 is 0.857 bits per heavy atom. The minimum Gasteiger partial charge on any atom is -0.352 e. The summed E-state index contributed by atoms with van der Waals surface area (Å²) in [4.78, 5) is 56.4. The molecule has 3 aliphatic rings. The molecule has 0 aromatic heterocycles. The maximum absolute atomic E-state index is 14.7. The molecular formula is C33H22BrN3O5. The van der Waals surface area contributed by atoms with Gasteiger partial charge < -0.3 is 10.2 Å². The first-order chi connectivity index (χ1) is 20.3. The molecule has 206 valence electrons. The number of benzene rings is 4. The highest BCUT2D eigenvalue weighted by Gasteiger charge is 2.70. The Morgan fingerprint density at radius 3 is 2.24 bits per heavy atom. The molecule has 1 spiro atoms. The SMILES string of the molecule is O=C(c1ccc([N+](=O)[O-])cc1)[C@@H]1[C@H](C(=O)c2ccc(Br)cc2)[C@]2(C(=O)Nc3ccccc32)[C@@H]2C=Cc3ccccc3N12. The summed E-state index contributed by atoms with van der Waals surface area (Å²) >= 11 is 3.42. The van der Waals surface area contributed by atoms with Crippen LogP contribution in [0.3, 0.4) is 0 Å². The zero-order chi connectivity index (χ0) is 29.2. The molecule has 0 saturated carbocycles. The third-order valence-corrected chi connectivity index (χ3v) is 9.11. The third kappa shape index (κ3) is 3.63. The van der Waals surface area contributed by atoms with Crippen LogP contribution in [0.5, 0.6) is 0 Å². The number of anilines is 2. The summed E-state index contributed by atoms with van der Waals surface area (Å²) < 4.78 is 0.789. The van der Waals surface area contributed by atoms with Crippen molar-refractivity contribution in [2.75, 3.05) is 10.2 Å². The number of Topliss-reactive ketones (excluding diaryl/α,β-unsaturated/α-hetero) is 2. The molecule has 0 radical (unpaired) electrons. The van der Waals surface area contributed by atoms with Crippen molar-refractivity contribution in [1.29, 1.82) is 0 Å². The van der Waals surface area contributed by atoms with E-state index in [0.717, 1.165) is 15.7 Å². The van der Waals surface area contributed by atoms with Crippen molar-refractivity contribution < 1.29 is 19.3 Å².